The van der Waals surface area contributed by atoms with Gasteiger partial charge >= 0.3 is 0 Å². The van der Waals surface area contributed by atoms with E-state index in [0.29, 0.717) is 6.54 Å². The van der Waals surface area contributed by atoms with Gasteiger partial charge in [-0.2, -0.15) is 0 Å². The first-order chi connectivity index (χ1) is 7.72. The summed E-state index contributed by atoms with van der Waals surface area (Å²) >= 11 is 0. The Labute approximate surface area is 94.9 Å². The lowest BCUT2D eigenvalue weighted by Gasteiger charge is -2.10. The van der Waals surface area contributed by atoms with Crippen LogP contribution >= 0.6 is 0 Å². The molecular weight excluding hydrogens is 198 g/mol. The summed E-state index contributed by atoms with van der Waals surface area (Å²) in [6.07, 6.45) is 0. The fourth-order valence-corrected chi connectivity index (χ4v) is 1.75. The smallest absolute Gasteiger partial charge is 0.0439 e. The van der Waals surface area contributed by atoms with E-state index in [1.165, 1.54) is 0 Å². The standard InChI is InChI=1S/C13H15N3/c14-8-10-4-2-6-12(13(10)16)9-3-1-5-11(15)7-9/h1-7H,8,14-16H2. The van der Waals surface area contributed by atoms with Gasteiger partial charge in [0.2, 0.25) is 0 Å². The van der Waals surface area contributed by atoms with Crippen LogP contribution in [-0.4, -0.2) is 0 Å². The zero-order valence-electron chi connectivity index (χ0n) is 8.98. The van der Waals surface area contributed by atoms with E-state index < -0.39 is 0 Å². The summed E-state index contributed by atoms with van der Waals surface area (Å²) in [4.78, 5) is 0. The number of rotatable bonds is 2. The minimum atomic E-state index is 0.446. The van der Waals surface area contributed by atoms with E-state index in [4.69, 9.17) is 17.2 Å². The van der Waals surface area contributed by atoms with Gasteiger partial charge in [0, 0.05) is 23.5 Å². The van der Waals surface area contributed by atoms with Gasteiger partial charge in [-0.3, -0.25) is 0 Å². The van der Waals surface area contributed by atoms with Crippen LogP contribution in [0.1, 0.15) is 5.56 Å². The highest BCUT2D eigenvalue weighted by molar-refractivity contribution is 5.79. The normalized spacial score (nSPS) is 10.3. The van der Waals surface area contributed by atoms with Crippen LogP contribution in [-0.2, 0) is 6.54 Å². The monoisotopic (exact) mass is 213 g/mol. The minimum absolute atomic E-state index is 0.446. The number of para-hydroxylation sites is 1. The summed E-state index contributed by atoms with van der Waals surface area (Å²) in [6.45, 7) is 0.446. The molecule has 2 aromatic carbocycles. The summed E-state index contributed by atoms with van der Waals surface area (Å²) in [5.41, 5.74) is 21.9. The van der Waals surface area contributed by atoms with Crippen LogP contribution < -0.4 is 17.2 Å². The molecule has 0 atom stereocenters. The maximum Gasteiger partial charge on any atom is 0.0439 e. The number of hydrogen-bond donors (Lipinski definition) is 3. The first-order valence-electron chi connectivity index (χ1n) is 5.15. The fraction of sp³-hybridized carbons (Fsp3) is 0.0769. The average molecular weight is 213 g/mol. The van der Waals surface area contributed by atoms with E-state index in [1.54, 1.807) is 0 Å². The average Bonchev–Trinajstić information content (AvgIpc) is 2.29. The van der Waals surface area contributed by atoms with Crippen molar-refractivity contribution in [1.82, 2.24) is 0 Å². The molecule has 0 amide bonds. The Balaban J connectivity index is 2.56. The predicted molar refractivity (Wildman–Crippen MR) is 68.6 cm³/mol. The maximum atomic E-state index is 6.06. The van der Waals surface area contributed by atoms with Crippen molar-refractivity contribution in [3.63, 3.8) is 0 Å². The fourth-order valence-electron chi connectivity index (χ4n) is 1.75. The van der Waals surface area contributed by atoms with Gasteiger partial charge < -0.3 is 17.2 Å². The molecule has 0 saturated heterocycles. The van der Waals surface area contributed by atoms with Crippen LogP contribution in [0.25, 0.3) is 11.1 Å². The number of nitrogen functional groups attached to an aromatic ring is 2. The van der Waals surface area contributed by atoms with Crippen molar-refractivity contribution in [3.05, 3.63) is 48.0 Å². The SMILES string of the molecule is NCc1cccc(-c2cccc(N)c2)c1N. The molecule has 3 nitrogen and oxygen atoms in total. The van der Waals surface area contributed by atoms with Crippen LogP contribution in [0, 0.1) is 0 Å². The van der Waals surface area contributed by atoms with Gasteiger partial charge in [0.25, 0.3) is 0 Å². The second-order valence-corrected chi connectivity index (χ2v) is 3.71. The summed E-state index contributed by atoms with van der Waals surface area (Å²) in [5, 5.41) is 0. The molecule has 0 aliphatic rings. The van der Waals surface area contributed by atoms with E-state index in [-0.39, 0.29) is 0 Å². The lowest BCUT2D eigenvalue weighted by atomic mass is 10.00. The Morgan fingerprint density at radius 3 is 2.38 bits per heavy atom. The molecule has 3 heteroatoms. The van der Waals surface area contributed by atoms with E-state index >= 15 is 0 Å². The summed E-state index contributed by atoms with van der Waals surface area (Å²) < 4.78 is 0. The molecule has 0 saturated carbocycles. The van der Waals surface area contributed by atoms with E-state index in [9.17, 15) is 0 Å². The molecule has 0 unspecified atom stereocenters. The summed E-state index contributed by atoms with van der Waals surface area (Å²) in [7, 11) is 0. The third-order valence-electron chi connectivity index (χ3n) is 2.61. The Kier molecular flexibility index (Phi) is 2.79. The Morgan fingerprint density at radius 1 is 0.938 bits per heavy atom. The van der Waals surface area contributed by atoms with Crippen molar-refractivity contribution in [1.29, 1.82) is 0 Å². The third-order valence-corrected chi connectivity index (χ3v) is 2.61. The van der Waals surface area contributed by atoms with Crippen molar-refractivity contribution >= 4 is 11.4 Å². The van der Waals surface area contributed by atoms with E-state index in [2.05, 4.69) is 0 Å². The second kappa shape index (κ2) is 4.24. The quantitative estimate of drug-likeness (QED) is 0.667. The minimum Gasteiger partial charge on any atom is -0.399 e. The molecule has 82 valence electrons. The highest BCUT2D eigenvalue weighted by Gasteiger charge is 2.05. The van der Waals surface area contributed by atoms with Crippen molar-refractivity contribution < 1.29 is 0 Å². The first-order valence-corrected chi connectivity index (χ1v) is 5.15. The molecule has 0 fully saturated rings. The second-order valence-electron chi connectivity index (χ2n) is 3.71. The van der Waals surface area contributed by atoms with Gasteiger partial charge in [0.15, 0.2) is 0 Å². The van der Waals surface area contributed by atoms with Gasteiger partial charge in [-0.25, -0.2) is 0 Å². The van der Waals surface area contributed by atoms with Gasteiger partial charge in [0.05, 0.1) is 0 Å². The zero-order chi connectivity index (χ0) is 11.5. The maximum absolute atomic E-state index is 6.06. The number of nitrogens with two attached hydrogens (primary N) is 3. The number of hydrogen-bond acceptors (Lipinski definition) is 3. The lowest BCUT2D eigenvalue weighted by Crippen LogP contribution is -2.02. The van der Waals surface area contributed by atoms with E-state index in [1.807, 2.05) is 42.5 Å². The Bertz CT molecular complexity index is 506. The topological polar surface area (TPSA) is 78.1 Å². The molecule has 0 aliphatic heterocycles. The Hall–Kier alpha value is -2.00. The molecule has 0 bridgehead atoms. The van der Waals surface area contributed by atoms with Crippen molar-refractivity contribution in [3.8, 4) is 11.1 Å². The molecule has 6 N–H and O–H groups in total. The van der Waals surface area contributed by atoms with Gasteiger partial charge in [0.1, 0.15) is 0 Å². The highest BCUT2D eigenvalue weighted by atomic mass is 14.6. The summed E-state index contributed by atoms with van der Waals surface area (Å²) in [6, 6.07) is 13.5. The van der Waals surface area contributed by atoms with Crippen LogP contribution in [0.4, 0.5) is 11.4 Å². The van der Waals surface area contributed by atoms with Gasteiger partial charge in [-0.05, 0) is 23.3 Å². The molecular formula is C13H15N3. The molecule has 0 spiro atoms. The molecule has 2 aromatic rings. The van der Waals surface area contributed by atoms with Crippen LogP contribution in [0.15, 0.2) is 42.5 Å². The zero-order valence-corrected chi connectivity index (χ0v) is 8.98. The molecule has 0 heterocycles. The lowest BCUT2D eigenvalue weighted by molar-refractivity contribution is 1.08. The molecule has 2 rings (SSSR count). The highest BCUT2D eigenvalue weighted by Crippen LogP contribution is 2.29. The van der Waals surface area contributed by atoms with Crippen molar-refractivity contribution in [2.24, 2.45) is 5.73 Å². The molecule has 0 radical (unpaired) electrons. The third kappa shape index (κ3) is 1.85. The number of benzene rings is 2. The Morgan fingerprint density at radius 2 is 1.69 bits per heavy atom. The number of anilines is 2. The van der Waals surface area contributed by atoms with Crippen LogP contribution in [0.2, 0.25) is 0 Å². The predicted octanol–water partition coefficient (Wildman–Crippen LogP) is 1.98. The van der Waals surface area contributed by atoms with Gasteiger partial charge in [-0.1, -0.05) is 30.3 Å². The molecule has 0 aromatic heterocycles. The largest absolute Gasteiger partial charge is 0.399 e. The van der Waals surface area contributed by atoms with Crippen LogP contribution in [0.5, 0.6) is 0 Å². The van der Waals surface area contributed by atoms with Crippen LogP contribution in [0.3, 0.4) is 0 Å². The molecule has 0 aliphatic carbocycles. The van der Waals surface area contributed by atoms with Gasteiger partial charge in [-0.15, -0.1) is 0 Å². The first kappa shape index (κ1) is 10.5. The van der Waals surface area contributed by atoms with Crippen molar-refractivity contribution in [2.75, 3.05) is 11.5 Å². The summed E-state index contributed by atoms with van der Waals surface area (Å²) in [5.74, 6) is 0. The van der Waals surface area contributed by atoms with E-state index in [0.717, 1.165) is 28.1 Å². The van der Waals surface area contributed by atoms with Crippen molar-refractivity contribution in [2.45, 2.75) is 6.54 Å². The molecule has 16 heavy (non-hydrogen) atoms.